The molecule has 1 amide bonds. The smallest absolute Gasteiger partial charge is 0.258 e. The molecule has 32 heavy (non-hydrogen) atoms. The number of hydrogen-bond donors (Lipinski definition) is 1. The van der Waals surface area contributed by atoms with E-state index in [-0.39, 0.29) is 17.4 Å². The van der Waals surface area contributed by atoms with E-state index < -0.39 is 5.82 Å². The van der Waals surface area contributed by atoms with Gasteiger partial charge in [0.2, 0.25) is 0 Å². The number of unbranched alkanes of at least 4 members (excludes halogenated alkanes) is 1. The van der Waals surface area contributed by atoms with Crippen molar-refractivity contribution in [2.24, 2.45) is 4.99 Å². The number of nitrogens with zero attached hydrogens (tertiary/aromatic N) is 2. The Morgan fingerprint density at radius 1 is 1.28 bits per heavy atom. The monoisotopic (exact) mass is 437 g/mol. The number of rotatable bonds is 10. The van der Waals surface area contributed by atoms with E-state index in [1.807, 2.05) is 19.1 Å². The number of carbonyl (C=O) groups is 1. The number of halogens is 1. The van der Waals surface area contributed by atoms with Gasteiger partial charge in [-0.2, -0.15) is 0 Å². The standard InChI is InChI=1S/C27H36FN3O/c1-8-12-13-19-14-15-20(16-23(19)29-10-3)21-17-22(28)25(27(32)31(6)7)26(30-11-4)24(21)18(5)9-2/h10-11,14-18,30H,4,8-9,12-13H2,1-3,5-7H3/t18-/m1/s1. The fraction of sp³-hybridized carbons (Fsp3) is 0.407. The van der Waals surface area contributed by atoms with Crippen molar-refractivity contribution in [2.75, 3.05) is 19.4 Å². The largest absolute Gasteiger partial charge is 0.361 e. The Bertz CT molecular complexity index is 995. The molecule has 1 N–H and O–H groups in total. The summed E-state index contributed by atoms with van der Waals surface area (Å²) in [6.07, 6.45) is 7.28. The van der Waals surface area contributed by atoms with E-state index in [4.69, 9.17) is 0 Å². The van der Waals surface area contributed by atoms with Crippen molar-refractivity contribution < 1.29 is 9.18 Å². The van der Waals surface area contributed by atoms with Gasteiger partial charge in [0.15, 0.2) is 0 Å². The average Bonchev–Trinajstić information content (AvgIpc) is 2.77. The SMILES string of the molecule is C=CNc1c(C(=O)N(C)C)c(F)cc(-c2ccc(CCCC)c(N=CC)c2)c1[C@H](C)CC. The van der Waals surface area contributed by atoms with Gasteiger partial charge in [0.1, 0.15) is 5.82 Å². The zero-order valence-corrected chi connectivity index (χ0v) is 20.3. The third-order valence-corrected chi connectivity index (χ3v) is 5.76. The Morgan fingerprint density at radius 2 is 2.00 bits per heavy atom. The highest BCUT2D eigenvalue weighted by Crippen LogP contribution is 2.41. The first-order valence-corrected chi connectivity index (χ1v) is 11.4. The Labute approximate surface area is 192 Å². The summed E-state index contributed by atoms with van der Waals surface area (Å²) in [5, 5.41) is 3.07. The lowest BCUT2D eigenvalue weighted by atomic mass is 9.85. The zero-order chi connectivity index (χ0) is 23.8. The minimum Gasteiger partial charge on any atom is -0.361 e. The Balaban J connectivity index is 2.84. The predicted molar refractivity (Wildman–Crippen MR) is 135 cm³/mol. The summed E-state index contributed by atoms with van der Waals surface area (Å²) in [5.41, 5.74) is 5.18. The number of carbonyl (C=O) groups excluding carboxylic acids is 1. The molecule has 4 nitrogen and oxygen atoms in total. The number of nitrogens with one attached hydrogen (secondary N) is 1. The van der Waals surface area contributed by atoms with Gasteiger partial charge in [0.25, 0.3) is 5.91 Å². The van der Waals surface area contributed by atoms with Crippen molar-refractivity contribution in [2.45, 2.75) is 59.3 Å². The fourth-order valence-corrected chi connectivity index (χ4v) is 3.87. The van der Waals surface area contributed by atoms with Crippen molar-refractivity contribution in [3.63, 3.8) is 0 Å². The molecule has 0 aliphatic heterocycles. The van der Waals surface area contributed by atoms with Crippen LogP contribution in [-0.2, 0) is 6.42 Å². The van der Waals surface area contributed by atoms with Gasteiger partial charge in [0, 0.05) is 20.3 Å². The summed E-state index contributed by atoms with van der Waals surface area (Å²) in [5.74, 6) is -0.834. The van der Waals surface area contributed by atoms with Gasteiger partial charge >= 0.3 is 0 Å². The summed E-state index contributed by atoms with van der Waals surface area (Å²) in [6.45, 7) is 12.0. The molecule has 2 aromatic rings. The fourth-order valence-electron chi connectivity index (χ4n) is 3.87. The van der Waals surface area contributed by atoms with Crippen molar-refractivity contribution in [3.8, 4) is 11.1 Å². The Morgan fingerprint density at radius 3 is 2.56 bits per heavy atom. The van der Waals surface area contributed by atoms with Gasteiger partial charge in [-0.1, -0.05) is 45.9 Å². The van der Waals surface area contributed by atoms with E-state index in [2.05, 4.69) is 43.7 Å². The van der Waals surface area contributed by atoms with Gasteiger partial charge in [-0.15, -0.1) is 0 Å². The quantitative estimate of drug-likeness (QED) is 0.396. The summed E-state index contributed by atoms with van der Waals surface area (Å²) >= 11 is 0. The maximum atomic E-state index is 15.4. The van der Waals surface area contributed by atoms with Gasteiger partial charge in [-0.25, -0.2) is 4.39 Å². The highest BCUT2D eigenvalue weighted by Gasteiger charge is 2.27. The minimum absolute atomic E-state index is 0.0420. The molecule has 5 heteroatoms. The third-order valence-electron chi connectivity index (χ3n) is 5.76. The molecule has 0 spiro atoms. The second-order valence-electron chi connectivity index (χ2n) is 8.26. The molecule has 2 aromatic carbocycles. The highest BCUT2D eigenvalue weighted by atomic mass is 19.1. The first-order chi connectivity index (χ1) is 15.3. The molecule has 0 saturated carbocycles. The summed E-state index contributed by atoms with van der Waals surface area (Å²) in [4.78, 5) is 18.8. The van der Waals surface area contributed by atoms with Crippen LogP contribution < -0.4 is 5.32 Å². The Hall–Kier alpha value is -2.95. The van der Waals surface area contributed by atoms with Crippen LogP contribution in [0.1, 0.15) is 74.4 Å². The lowest BCUT2D eigenvalue weighted by Crippen LogP contribution is -2.25. The van der Waals surface area contributed by atoms with Gasteiger partial charge < -0.3 is 10.2 Å². The number of amides is 1. The van der Waals surface area contributed by atoms with E-state index in [1.165, 1.54) is 22.7 Å². The van der Waals surface area contributed by atoms with Crippen molar-refractivity contribution in [3.05, 3.63) is 59.6 Å². The highest BCUT2D eigenvalue weighted by molar-refractivity contribution is 6.02. The number of aryl methyl sites for hydroxylation is 1. The molecule has 0 fully saturated rings. The molecule has 0 aliphatic carbocycles. The summed E-state index contributed by atoms with van der Waals surface area (Å²) < 4.78 is 15.4. The van der Waals surface area contributed by atoms with Crippen molar-refractivity contribution >= 4 is 23.5 Å². The topological polar surface area (TPSA) is 44.7 Å². The number of anilines is 1. The van der Waals surface area contributed by atoms with Crippen molar-refractivity contribution in [1.82, 2.24) is 4.90 Å². The van der Waals surface area contributed by atoms with Crippen LogP contribution in [0.2, 0.25) is 0 Å². The van der Waals surface area contributed by atoms with Gasteiger partial charge in [-0.3, -0.25) is 9.79 Å². The zero-order valence-electron chi connectivity index (χ0n) is 20.3. The van der Waals surface area contributed by atoms with Crippen LogP contribution in [0, 0.1) is 5.82 Å². The molecule has 0 aromatic heterocycles. The van der Waals surface area contributed by atoms with Crippen molar-refractivity contribution in [1.29, 1.82) is 0 Å². The molecule has 0 bridgehead atoms. The number of hydrogen-bond acceptors (Lipinski definition) is 3. The van der Waals surface area contributed by atoms with Gasteiger partial charge in [0.05, 0.1) is 16.9 Å². The molecule has 0 unspecified atom stereocenters. The molecule has 0 aliphatic rings. The lowest BCUT2D eigenvalue weighted by Gasteiger charge is -2.24. The molecule has 0 heterocycles. The van der Waals surface area contributed by atoms with Gasteiger partial charge in [-0.05, 0) is 72.7 Å². The maximum absolute atomic E-state index is 15.4. The summed E-state index contributed by atoms with van der Waals surface area (Å²) in [6, 6.07) is 7.64. The van der Waals surface area contributed by atoms with Crippen LogP contribution in [-0.4, -0.2) is 31.1 Å². The van der Waals surface area contributed by atoms with Crippen LogP contribution >= 0.6 is 0 Å². The molecule has 172 valence electrons. The Kier molecular flexibility index (Phi) is 9.18. The van der Waals surface area contributed by atoms with E-state index in [9.17, 15) is 4.79 Å². The summed E-state index contributed by atoms with van der Waals surface area (Å²) in [7, 11) is 3.25. The average molecular weight is 438 g/mol. The number of aliphatic imine (C=N–C) groups is 1. The third kappa shape index (κ3) is 5.45. The molecule has 1 atom stereocenters. The van der Waals surface area contributed by atoms with Crippen LogP contribution in [0.15, 0.2) is 42.0 Å². The van der Waals surface area contributed by atoms with Crippen LogP contribution in [0.5, 0.6) is 0 Å². The van der Waals surface area contributed by atoms with E-state index in [0.717, 1.165) is 48.1 Å². The van der Waals surface area contributed by atoms with Crippen LogP contribution in [0.25, 0.3) is 11.1 Å². The second kappa shape index (κ2) is 11.6. The number of benzene rings is 2. The first kappa shape index (κ1) is 25.3. The molecule has 0 saturated heterocycles. The minimum atomic E-state index is -0.550. The van der Waals surface area contributed by atoms with Crippen LogP contribution in [0.3, 0.4) is 0 Å². The van der Waals surface area contributed by atoms with E-state index >= 15 is 4.39 Å². The lowest BCUT2D eigenvalue weighted by molar-refractivity contribution is 0.0824. The van der Waals surface area contributed by atoms with Crippen LogP contribution in [0.4, 0.5) is 15.8 Å². The van der Waals surface area contributed by atoms with E-state index in [0.29, 0.717) is 5.69 Å². The predicted octanol–water partition coefficient (Wildman–Crippen LogP) is 7.33. The maximum Gasteiger partial charge on any atom is 0.258 e. The van der Waals surface area contributed by atoms with E-state index in [1.54, 1.807) is 20.3 Å². The first-order valence-electron chi connectivity index (χ1n) is 11.4. The molecular weight excluding hydrogens is 401 g/mol. The molecule has 2 rings (SSSR count). The normalized spacial score (nSPS) is 12.1. The second-order valence-corrected chi connectivity index (χ2v) is 8.26. The molecular formula is C27H36FN3O. The molecule has 0 radical (unpaired) electrons.